The minimum Gasteiger partial charge on any atom is -0.349 e. The highest BCUT2D eigenvalue weighted by Crippen LogP contribution is 2.53. The molecule has 3 rings (SSSR count). The number of halogens is 4. The number of rotatable bonds is 2. The first-order chi connectivity index (χ1) is 10.2. The molecule has 2 fully saturated rings. The summed E-state index contributed by atoms with van der Waals surface area (Å²) in [6.07, 6.45) is 1.78. The summed E-state index contributed by atoms with van der Waals surface area (Å²) in [5.74, 6) is -5.77. The van der Waals surface area contributed by atoms with Crippen LogP contribution in [0.2, 0.25) is 0 Å². The first-order valence-corrected chi connectivity index (χ1v) is 6.98. The summed E-state index contributed by atoms with van der Waals surface area (Å²) in [5, 5.41) is 9.01. The predicted molar refractivity (Wildman–Crippen MR) is 69.8 cm³/mol. The van der Waals surface area contributed by atoms with Gasteiger partial charge in [0, 0.05) is 31.8 Å². The molecule has 1 aliphatic carbocycles. The van der Waals surface area contributed by atoms with Crippen LogP contribution in [0.25, 0.3) is 0 Å². The van der Waals surface area contributed by atoms with Gasteiger partial charge in [-0.15, -0.1) is 0 Å². The highest BCUT2D eigenvalue weighted by Gasteiger charge is 2.57. The van der Waals surface area contributed by atoms with Crippen LogP contribution in [-0.2, 0) is 5.92 Å². The largest absolute Gasteiger partial charge is 0.349 e. The average molecular weight is 314 g/mol. The van der Waals surface area contributed by atoms with Crippen LogP contribution in [0, 0.1) is 11.3 Å². The van der Waals surface area contributed by atoms with Crippen LogP contribution >= 0.6 is 0 Å². The molecule has 118 valence electrons. The number of aromatic nitrogens is 2. The zero-order chi connectivity index (χ0) is 16.2. The molecular formula is C14H14F4N4. The van der Waals surface area contributed by atoms with Crippen molar-refractivity contribution < 1.29 is 17.6 Å². The topological polar surface area (TPSA) is 52.8 Å². The average Bonchev–Trinajstić information content (AvgIpc) is 3.15. The van der Waals surface area contributed by atoms with Crippen molar-refractivity contribution in [2.24, 2.45) is 0 Å². The van der Waals surface area contributed by atoms with E-state index in [1.807, 2.05) is 0 Å². The normalized spacial score (nSPS) is 22.5. The van der Waals surface area contributed by atoms with Crippen LogP contribution in [0.4, 0.5) is 23.4 Å². The first-order valence-electron chi connectivity index (χ1n) is 6.98. The van der Waals surface area contributed by atoms with Gasteiger partial charge in [-0.3, -0.25) is 0 Å². The summed E-state index contributed by atoms with van der Waals surface area (Å²) in [6.45, 7) is 0.718. The minimum atomic E-state index is -3.28. The third-order valence-electron chi connectivity index (χ3n) is 4.25. The van der Waals surface area contributed by atoms with Crippen molar-refractivity contribution in [3.63, 3.8) is 0 Å². The van der Waals surface area contributed by atoms with Crippen LogP contribution in [0.1, 0.15) is 44.0 Å². The molecule has 22 heavy (non-hydrogen) atoms. The van der Waals surface area contributed by atoms with Gasteiger partial charge in [-0.05, 0) is 12.8 Å². The molecule has 0 bridgehead atoms. The molecular weight excluding hydrogens is 300 g/mol. The maximum absolute atomic E-state index is 13.6. The molecule has 8 heteroatoms. The molecule has 1 saturated heterocycles. The smallest absolute Gasteiger partial charge is 0.289 e. The number of hydrogen-bond donors (Lipinski definition) is 0. The second-order valence-electron chi connectivity index (χ2n) is 6.08. The number of piperidine rings is 1. The third-order valence-corrected chi connectivity index (χ3v) is 4.25. The van der Waals surface area contributed by atoms with Gasteiger partial charge in [0.1, 0.15) is 17.6 Å². The SMILES string of the molecule is CC(F)(F)c1ncc(N2CCC(F)(F)CC23CC3)nc1C#N. The number of anilines is 1. The number of alkyl halides is 4. The lowest BCUT2D eigenvalue weighted by molar-refractivity contribution is -0.0375. The van der Waals surface area contributed by atoms with E-state index in [0.717, 1.165) is 6.20 Å². The highest BCUT2D eigenvalue weighted by atomic mass is 19.3. The molecule has 0 aromatic carbocycles. The molecule has 1 aromatic heterocycles. The quantitative estimate of drug-likeness (QED) is 0.787. The van der Waals surface area contributed by atoms with Crippen LogP contribution in [0.5, 0.6) is 0 Å². The van der Waals surface area contributed by atoms with Gasteiger partial charge in [0.25, 0.3) is 11.8 Å². The Morgan fingerprint density at radius 3 is 2.55 bits per heavy atom. The molecule has 4 nitrogen and oxygen atoms in total. The standard InChI is InChI=1S/C14H14F4N4/c1-12(15,16)11-9(6-19)21-10(7-20-11)22-5-4-14(17,18)8-13(22)2-3-13/h7H,2-5,8H2,1H3. The molecule has 0 atom stereocenters. The summed E-state index contributed by atoms with van der Waals surface area (Å²) in [5.41, 5.74) is -1.82. The molecule has 2 aliphatic rings. The first kappa shape index (κ1) is 15.0. The number of nitriles is 1. The van der Waals surface area contributed by atoms with E-state index in [0.29, 0.717) is 19.8 Å². The predicted octanol–water partition coefficient (Wildman–Crippen LogP) is 3.23. The second kappa shape index (κ2) is 4.54. The molecule has 1 aliphatic heterocycles. The third kappa shape index (κ3) is 2.49. The second-order valence-corrected chi connectivity index (χ2v) is 6.08. The molecule has 2 heterocycles. The Morgan fingerprint density at radius 2 is 2.00 bits per heavy atom. The maximum Gasteiger partial charge on any atom is 0.289 e. The van der Waals surface area contributed by atoms with Crippen molar-refractivity contribution >= 4 is 5.82 Å². The fraction of sp³-hybridized carbons (Fsp3) is 0.643. The van der Waals surface area contributed by atoms with E-state index in [9.17, 15) is 17.6 Å². The van der Waals surface area contributed by atoms with E-state index in [4.69, 9.17) is 5.26 Å². The maximum atomic E-state index is 13.6. The molecule has 1 spiro atoms. The van der Waals surface area contributed by atoms with Crippen LogP contribution in [-0.4, -0.2) is 28.0 Å². The van der Waals surface area contributed by atoms with E-state index in [-0.39, 0.29) is 25.2 Å². The fourth-order valence-corrected chi connectivity index (χ4v) is 3.04. The van der Waals surface area contributed by atoms with Crippen molar-refractivity contribution in [1.29, 1.82) is 5.26 Å². The van der Waals surface area contributed by atoms with Crippen molar-refractivity contribution in [3.8, 4) is 6.07 Å². The Morgan fingerprint density at radius 1 is 1.32 bits per heavy atom. The van der Waals surface area contributed by atoms with Gasteiger partial charge in [0.05, 0.1) is 6.20 Å². The van der Waals surface area contributed by atoms with Gasteiger partial charge in [-0.1, -0.05) is 0 Å². The summed E-state index contributed by atoms with van der Waals surface area (Å²) < 4.78 is 53.9. The number of hydrogen-bond acceptors (Lipinski definition) is 4. The van der Waals surface area contributed by atoms with Gasteiger partial charge < -0.3 is 4.90 Å². The lowest BCUT2D eigenvalue weighted by Crippen LogP contribution is -2.49. The minimum absolute atomic E-state index is 0.0778. The van der Waals surface area contributed by atoms with Gasteiger partial charge in [0.2, 0.25) is 0 Å². The van der Waals surface area contributed by atoms with Crippen molar-refractivity contribution in [3.05, 3.63) is 17.6 Å². The lowest BCUT2D eigenvalue weighted by Gasteiger charge is -2.40. The Balaban J connectivity index is 1.95. The van der Waals surface area contributed by atoms with E-state index in [2.05, 4.69) is 9.97 Å². The van der Waals surface area contributed by atoms with Crippen LogP contribution in [0.3, 0.4) is 0 Å². The molecule has 1 aromatic rings. The molecule has 0 unspecified atom stereocenters. The van der Waals surface area contributed by atoms with E-state index < -0.39 is 28.8 Å². The zero-order valence-electron chi connectivity index (χ0n) is 11.9. The van der Waals surface area contributed by atoms with Gasteiger partial charge in [0.15, 0.2) is 5.69 Å². The Labute approximate surface area is 124 Å². The Kier molecular flexibility index (Phi) is 3.10. The Bertz CT molecular complexity index is 643. The van der Waals surface area contributed by atoms with Gasteiger partial charge >= 0.3 is 0 Å². The number of nitrogens with zero attached hydrogens (tertiary/aromatic N) is 4. The Hall–Kier alpha value is -1.91. The van der Waals surface area contributed by atoms with Gasteiger partial charge in [-0.2, -0.15) is 14.0 Å². The molecule has 0 N–H and O–H groups in total. The van der Waals surface area contributed by atoms with Crippen LogP contribution in [0.15, 0.2) is 6.20 Å². The van der Waals surface area contributed by atoms with Crippen molar-refractivity contribution in [2.45, 2.75) is 50.0 Å². The molecule has 1 saturated carbocycles. The summed E-state index contributed by atoms with van der Waals surface area (Å²) in [6, 6.07) is 1.62. The van der Waals surface area contributed by atoms with Gasteiger partial charge in [-0.25, -0.2) is 18.7 Å². The van der Waals surface area contributed by atoms with E-state index in [1.165, 1.54) is 0 Å². The van der Waals surface area contributed by atoms with E-state index >= 15 is 0 Å². The summed E-state index contributed by atoms with van der Waals surface area (Å²) in [7, 11) is 0. The highest BCUT2D eigenvalue weighted by molar-refractivity contribution is 5.48. The zero-order valence-corrected chi connectivity index (χ0v) is 11.9. The van der Waals surface area contributed by atoms with Crippen LogP contribution < -0.4 is 4.90 Å². The summed E-state index contributed by atoms with van der Waals surface area (Å²) in [4.78, 5) is 9.29. The monoisotopic (exact) mass is 314 g/mol. The van der Waals surface area contributed by atoms with Crippen molar-refractivity contribution in [2.75, 3.05) is 11.4 Å². The molecule has 0 amide bonds. The lowest BCUT2D eigenvalue weighted by atomic mass is 9.96. The summed E-state index contributed by atoms with van der Waals surface area (Å²) >= 11 is 0. The van der Waals surface area contributed by atoms with E-state index in [1.54, 1.807) is 11.0 Å². The molecule has 0 radical (unpaired) electrons. The van der Waals surface area contributed by atoms with Crippen molar-refractivity contribution in [1.82, 2.24) is 9.97 Å². The fourth-order valence-electron chi connectivity index (χ4n) is 3.04.